The normalized spacial score (nSPS) is 10.6. The van der Waals surface area contributed by atoms with Crippen molar-refractivity contribution in [3.05, 3.63) is 87.6 Å². The van der Waals surface area contributed by atoms with Crippen molar-refractivity contribution in [2.75, 3.05) is 0 Å². The first-order valence-corrected chi connectivity index (χ1v) is 8.73. The van der Waals surface area contributed by atoms with E-state index in [0.29, 0.717) is 12.4 Å². The number of hydrogen-bond acceptors (Lipinski definition) is 2. The molecule has 0 fully saturated rings. The Morgan fingerprint density at radius 2 is 1.64 bits per heavy atom. The number of aryl methyl sites for hydroxylation is 2. The zero-order chi connectivity index (χ0) is 17.8. The van der Waals surface area contributed by atoms with Crippen LogP contribution in [-0.4, -0.2) is 0 Å². The Labute approximate surface area is 155 Å². The molecule has 0 atom stereocenters. The molecular formula is C21H18BrFO2. The van der Waals surface area contributed by atoms with E-state index >= 15 is 0 Å². The van der Waals surface area contributed by atoms with Crippen LogP contribution in [0.2, 0.25) is 0 Å². The Kier molecular flexibility index (Phi) is 5.39. The molecule has 0 spiro atoms. The molecule has 0 aliphatic carbocycles. The lowest BCUT2D eigenvalue weighted by atomic mass is 10.1. The van der Waals surface area contributed by atoms with Gasteiger partial charge in [0.2, 0.25) is 0 Å². The van der Waals surface area contributed by atoms with E-state index in [4.69, 9.17) is 9.47 Å². The number of benzene rings is 3. The molecule has 0 unspecified atom stereocenters. The summed E-state index contributed by atoms with van der Waals surface area (Å²) >= 11 is 3.53. The summed E-state index contributed by atoms with van der Waals surface area (Å²) in [6.07, 6.45) is 0. The fourth-order valence-electron chi connectivity index (χ4n) is 2.56. The van der Waals surface area contributed by atoms with Gasteiger partial charge in [0.1, 0.15) is 18.1 Å². The molecule has 0 N–H and O–H groups in total. The van der Waals surface area contributed by atoms with Gasteiger partial charge in [-0.05, 0) is 55.3 Å². The standard InChI is InChI=1S/C21H18BrFO2/c1-14-6-5-7-15(2)21(14)24-13-16-12-17(10-11-18(16)22)25-20-9-4-3-8-19(20)23/h3-12H,13H2,1-2H3. The molecule has 3 aromatic carbocycles. The minimum atomic E-state index is -0.390. The van der Waals surface area contributed by atoms with Crippen LogP contribution >= 0.6 is 15.9 Å². The van der Waals surface area contributed by atoms with Crippen LogP contribution in [0.25, 0.3) is 0 Å². The molecule has 0 radical (unpaired) electrons. The van der Waals surface area contributed by atoms with Gasteiger partial charge in [-0.15, -0.1) is 0 Å². The smallest absolute Gasteiger partial charge is 0.165 e. The number of para-hydroxylation sites is 2. The van der Waals surface area contributed by atoms with Crippen molar-refractivity contribution < 1.29 is 13.9 Å². The van der Waals surface area contributed by atoms with E-state index < -0.39 is 5.82 Å². The summed E-state index contributed by atoms with van der Waals surface area (Å²) in [5, 5.41) is 0. The number of rotatable bonds is 5. The van der Waals surface area contributed by atoms with Crippen molar-refractivity contribution in [3.63, 3.8) is 0 Å². The van der Waals surface area contributed by atoms with Crippen molar-refractivity contribution in [2.24, 2.45) is 0 Å². The van der Waals surface area contributed by atoms with Gasteiger partial charge >= 0.3 is 0 Å². The van der Waals surface area contributed by atoms with Crippen LogP contribution in [-0.2, 0) is 6.61 Å². The molecule has 0 amide bonds. The lowest BCUT2D eigenvalue weighted by Gasteiger charge is -2.14. The van der Waals surface area contributed by atoms with Gasteiger partial charge in [-0.2, -0.15) is 0 Å². The highest BCUT2D eigenvalue weighted by Gasteiger charge is 2.09. The summed E-state index contributed by atoms with van der Waals surface area (Å²) in [5.41, 5.74) is 3.11. The molecule has 0 heterocycles. The van der Waals surface area contributed by atoms with Crippen molar-refractivity contribution in [2.45, 2.75) is 20.5 Å². The van der Waals surface area contributed by atoms with Gasteiger partial charge in [0, 0.05) is 10.0 Å². The van der Waals surface area contributed by atoms with Gasteiger partial charge in [-0.25, -0.2) is 4.39 Å². The molecule has 3 rings (SSSR count). The van der Waals surface area contributed by atoms with Gasteiger partial charge < -0.3 is 9.47 Å². The summed E-state index contributed by atoms with van der Waals surface area (Å²) < 4.78 is 26.3. The minimum Gasteiger partial charge on any atom is -0.488 e. The minimum absolute atomic E-state index is 0.200. The van der Waals surface area contributed by atoms with Crippen molar-refractivity contribution in [1.29, 1.82) is 0 Å². The van der Waals surface area contributed by atoms with E-state index in [2.05, 4.69) is 15.9 Å². The summed E-state index contributed by atoms with van der Waals surface area (Å²) in [4.78, 5) is 0. The predicted molar refractivity (Wildman–Crippen MR) is 101 cm³/mol. The lowest BCUT2D eigenvalue weighted by molar-refractivity contribution is 0.300. The predicted octanol–water partition coefficient (Wildman–Crippen LogP) is 6.58. The quantitative estimate of drug-likeness (QED) is 0.481. The van der Waals surface area contributed by atoms with Crippen LogP contribution in [0, 0.1) is 19.7 Å². The second-order valence-corrected chi connectivity index (χ2v) is 6.65. The first kappa shape index (κ1) is 17.5. The van der Waals surface area contributed by atoms with Crippen LogP contribution in [0.3, 0.4) is 0 Å². The molecule has 0 aliphatic heterocycles. The highest BCUT2D eigenvalue weighted by atomic mass is 79.9. The highest BCUT2D eigenvalue weighted by molar-refractivity contribution is 9.10. The highest BCUT2D eigenvalue weighted by Crippen LogP contribution is 2.30. The third-order valence-corrected chi connectivity index (χ3v) is 4.64. The fraction of sp³-hybridized carbons (Fsp3) is 0.143. The zero-order valence-corrected chi connectivity index (χ0v) is 15.6. The number of halogens is 2. The topological polar surface area (TPSA) is 18.5 Å². The molecule has 3 aromatic rings. The van der Waals surface area contributed by atoms with Gasteiger partial charge in [0.15, 0.2) is 11.6 Å². The Balaban J connectivity index is 1.79. The molecule has 0 saturated carbocycles. The second kappa shape index (κ2) is 7.70. The van der Waals surface area contributed by atoms with E-state index in [0.717, 1.165) is 26.9 Å². The van der Waals surface area contributed by atoms with Crippen LogP contribution in [0.4, 0.5) is 4.39 Å². The van der Waals surface area contributed by atoms with Crippen molar-refractivity contribution in [1.82, 2.24) is 0 Å². The average Bonchev–Trinajstić information content (AvgIpc) is 2.59. The largest absolute Gasteiger partial charge is 0.488 e. The SMILES string of the molecule is Cc1cccc(C)c1OCc1cc(Oc2ccccc2F)ccc1Br. The maximum atomic E-state index is 13.8. The van der Waals surface area contributed by atoms with Gasteiger partial charge in [0.25, 0.3) is 0 Å². The first-order chi connectivity index (χ1) is 12.0. The summed E-state index contributed by atoms with van der Waals surface area (Å²) in [6.45, 7) is 4.44. The van der Waals surface area contributed by atoms with Gasteiger partial charge in [-0.3, -0.25) is 0 Å². The number of hydrogen-bond donors (Lipinski definition) is 0. The third-order valence-electron chi connectivity index (χ3n) is 3.86. The Hall–Kier alpha value is -2.33. The van der Waals surface area contributed by atoms with Gasteiger partial charge in [-0.1, -0.05) is 46.3 Å². The molecule has 0 aromatic heterocycles. The molecule has 2 nitrogen and oxygen atoms in total. The van der Waals surface area contributed by atoms with E-state index in [-0.39, 0.29) is 5.75 Å². The molecule has 25 heavy (non-hydrogen) atoms. The third kappa shape index (κ3) is 4.20. The number of ether oxygens (including phenoxy) is 2. The van der Waals surface area contributed by atoms with E-state index in [9.17, 15) is 4.39 Å². The first-order valence-electron chi connectivity index (χ1n) is 7.94. The maximum Gasteiger partial charge on any atom is 0.165 e. The van der Waals surface area contributed by atoms with Crippen molar-refractivity contribution in [3.8, 4) is 17.2 Å². The lowest BCUT2D eigenvalue weighted by Crippen LogP contribution is -2.00. The second-order valence-electron chi connectivity index (χ2n) is 5.80. The van der Waals surface area contributed by atoms with Gasteiger partial charge in [0.05, 0.1) is 0 Å². The van der Waals surface area contributed by atoms with Crippen LogP contribution < -0.4 is 9.47 Å². The Bertz CT molecular complexity index is 873. The fourth-order valence-corrected chi connectivity index (χ4v) is 2.92. The Morgan fingerprint density at radius 1 is 0.920 bits per heavy atom. The molecule has 0 bridgehead atoms. The Morgan fingerprint density at radius 3 is 2.36 bits per heavy atom. The summed E-state index contributed by atoms with van der Waals surface area (Å²) in [7, 11) is 0. The van der Waals surface area contributed by atoms with Crippen molar-refractivity contribution >= 4 is 15.9 Å². The van der Waals surface area contributed by atoms with E-state index in [1.165, 1.54) is 6.07 Å². The van der Waals surface area contributed by atoms with Crippen LogP contribution in [0.1, 0.15) is 16.7 Å². The molecule has 4 heteroatoms. The molecular weight excluding hydrogens is 383 g/mol. The summed E-state index contributed by atoms with van der Waals surface area (Å²) in [5.74, 6) is 1.26. The molecule has 0 saturated heterocycles. The summed E-state index contributed by atoms with van der Waals surface area (Å²) in [6, 6.07) is 17.9. The molecule has 128 valence electrons. The average molecular weight is 401 g/mol. The van der Waals surface area contributed by atoms with E-state index in [1.54, 1.807) is 24.3 Å². The maximum absolute atomic E-state index is 13.8. The monoisotopic (exact) mass is 400 g/mol. The van der Waals surface area contributed by atoms with E-state index in [1.807, 2.05) is 44.2 Å². The van der Waals surface area contributed by atoms with Crippen LogP contribution in [0.15, 0.2) is 65.1 Å². The van der Waals surface area contributed by atoms with Crippen LogP contribution in [0.5, 0.6) is 17.2 Å². The zero-order valence-electron chi connectivity index (χ0n) is 14.1. The molecule has 0 aliphatic rings.